The van der Waals surface area contributed by atoms with Crippen molar-refractivity contribution in [2.24, 2.45) is 11.8 Å². The molecule has 3 rings (SSSR count). The minimum absolute atomic E-state index is 0.0581. The van der Waals surface area contributed by atoms with E-state index in [0.29, 0.717) is 5.92 Å². The van der Waals surface area contributed by atoms with Gasteiger partial charge < -0.3 is 10.4 Å². The molecule has 0 heterocycles. The van der Waals surface area contributed by atoms with Crippen LogP contribution in [0.15, 0.2) is 24.3 Å². The van der Waals surface area contributed by atoms with E-state index in [1.165, 1.54) is 25.0 Å². The molecular formula is C16H19NO3. The molecule has 2 aliphatic rings. The van der Waals surface area contributed by atoms with E-state index < -0.39 is 11.5 Å². The van der Waals surface area contributed by atoms with Crippen LogP contribution >= 0.6 is 0 Å². The number of carbonyl (C=O) groups is 2. The highest BCUT2D eigenvalue weighted by Crippen LogP contribution is 2.59. The smallest absolute Gasteiger partial charge is 0.328 e. The molecular weight excluding hydrogens is 254 g/mol. The summed E-state index contributed by atoms with van der Waals surface area (Å²) in [6, 6.07) is 8.27. The van der Waals surface area contributed by atoms with E-state index in [9.17, 15) is 9.59 Å². The molecule has 4 heteroatoms. The molecule has 0 spiro atoms. The molecule has 0 saturated heterocycles. The number of fused-ring (bicyclic) bond motifs is 3. The van der Waals surface area contributed by atoms with Crippen LogP contribution in [0, 0.1) is 11.8 Å². The fourth-order valence-corrected chi connectivity index (χ4v) is 3.37. The van der Waals surface area contributed by atoms with Crippen molar-refractivity contribution in [2.45, 2.75) is 38.1 Å². The summed E-state index contributed by atoms with van der Waals surface area (Å²) in [6.07, 6.45) is 2.04. The zero-order valence-electron chi connectivity index (χ0n) is 11.7. The predicted molar refractivity (Wildman–Crippen MR) is 74.3 cm³/mol. The molecule has 4 nitrogen and oxygen atoms in total. The maximum atomic E-state index is 12.3. The Bertz CT molecular complexity index is 579. The molecule has 20 heavy (non-hydrogen) atoms. The quantitative estimate of drug-likeness (QED) is 0.884. The van der Waals surface area contributed by atoms with E-state index in [0.717, 1.165) is 12.8 Å². The number of amides is 1. The van der Waals surface area contributed by atoms with Gasteiger partial charge in [0.2, 0.25) is 5.91 Å². The summed E-state index contributed by atoms with van der Waals surface area (Å²) >= 11 is 0. The lowest BCUT2D eigenvalue weighted by molar-refractivity contribution is -0.146. The lowest BCUT2D eigenvalue weighted by atomic mass is 9.92. The van der Waals surface area contributed by atoms with Gasteiger partial charge in [-0.25, -0.2) is 4.79 Å². The number of carboxylic acid groups (broad SMARTS) is 1. The summed E-state index contributed by atoms with van der Waals surface area (Å²) in [5.74, 6) is -0.518. The lowest BCUT2D eigenvalue weighted by Gasteiger charge is -2.21. The second-order valence-electron chi connectivity index (χ2n) is 6.37. The number of aliphatic carboxylic acids is 1. The van der Waals surface area contributed by atoms with Gasteiger partial charge in [-0.15, -0.1) is 0 Å². The molecule has 1 aromatic carbocycles. The number of carboxylic acids is 1. The molecule has 1 aromatic rings. The Morgan fingerprint density at radius 3 is 2.70 bits per heavy atom. The maximum Gasteiger partial charge on any atom is 0.328 e. The molecule has 2 N–H and O–H groups in total. The third-order valence-corrected chi connectivity index (χ3v) is 4.60. The first-order valence-electron chi connectivity index (χ1n) is 7.05. The van der Waals surface area contributed by atoms with Crippen LogP contribution < -0.4 is 5.32 Å². The molecule has 3 atom stereocenters. The summed E-state index contributed by atoms with van der Waals surface area (Å²) in [4.78, 5) is 23.4. The predicted octanol–water partition coefficient (Wildman–Crippen LogP) is 1.94. The van der Waals surface area contributed by atoms with Crippen molar-refractivity contribution in [3.05, 3.63) is 35.4 Å². The number of hydrogen-bond donors (Lipinski definition) is 2. The maximum absolute atomic E-state index is 12.3. The molecule has 0 radical (unpaired) electrons. The lowest BCUT2D eigenvalue weighted by Crippen LogP contribution is -2.50. The molecule has 1 amide bonds. The van der Waals surface area contributed by atoms with Gasteiger partial charge in [0.25, 0.3) is 0 Å². The number of aryl methyl sites for hydroxylation is 1. The second kappa shape index (κ2) is 4.33. The van der Waals surface area contributed by atoms with Crippen LogP contribution in [0.4, 0.5) is 0 Å². The number of benzene rings is 1. The van der Waals surface area contributed by atoms with Gasteiger partial charge in [-0.05, 0) is 49.7 Å². The highest BCUT2D eigenvalue weighted by molar-refractivity contribution is 5.90. The highest BCUT2D eigenvalue weighted by atomic mass is 16.4. The Morgan fingerprint density at radius 1 is 1.30 bits per heavy atom. The van der Waals surface area contributed by atoms with Gasteiger partial charge in [-0.2, -0.15) is 0 Å². The summed E-state index contributed by atoms with van der Waals surface area (Å²) in [6.45, 7) is 3.04. The van der Waals surface area contributed by atoms with Crippen LogP contribution in [0.1, 0.15) is 37.3 Å². The third-order valence-electron chi connectivity index (χ3n) is 4.60. The molecule has 0 aliphatic heterocycles. The van der Waals surface area contributed by atoms with Crippen LogP contribution in [0.2, 0.25) is 0 Å². The minimum atomic E-state index is -1.21. The normalized spacial score (nSPS) is 27.2. The Kier molecular flexibility index (Phi) is 2.85. The van der Waals surface area contributed by atoms with Crippen LogP contribution in [0.3, 0.4) is 0 Å². The van der Waals surface area contributed by atoms with Crippen molar-refractivity contribution in [3.63, 3.8) is 0 Å². The molecule has 0 bridgehead atoms. The average molecular weight is 273 g/mol. The Balaban J connectivity index is 1.76. The van der Waals surface area contributed by atoms with Crippen molar-refractivity contribution in [1.82, 2.24) is 5.32 Å². The first-order valence-corrected chi connectivity index (χ1v) is 7.05. The van der Waals surface area contributed by atoms with Gasteiger partial charge in [0.15, 0.2) is 0 Å². The Hall–Kier alpha value is -1.84. The zero-order valence-corrected chi connectivity index (χ0v) is 11.7. The molecule has 3 unspecified atom stereocenters. The molecule has 0 aromatic heterocycles. The fourth-order valence-electron chi connectivity index (χ4n) is 3.37. The van der Waals surface area contributed by atoms with Crippen LogP contribution in [0.25, 0.3) is 0 Å². The largest absolute Gasteiger partial charge is 0.480 e. The fraction of sp³-hybridized carbons (Fsp3) is 0.500. The van der Waals surface area contributed by atoms with E-state index >= 15 is 0 Å². The van der Waals surface area contributed by atoms with Gasteiger partial charge >= 0.3 is 5.97 Å². The first kappa shape index (κ1) is 13.2. The van der Waals surface area contributed by atoms with E-state index in [2.05, 4.69) is 17.4 Å². The van der Waals surface area contributed by atoms with Gasteiger partial charge in [0.1, 0.15) is 5.54 Å². The second-order valence-corrected chi connectivity index (χ2v) is 6.37. The van der Waals surface area contributed by atoms with E-state index in [4.69, 9.17) is 5.11 Å². The van der Waals surface area contributed by atoms with Crippen LogP contribution in [-0.2, 0) is 16.0 Å². The molecule has 1 fully saturated rings. The standard InChI is InChI=1S/C16H19NO3/c1-16(2,15(19)20)17-14(18)13-11-8-7-9-5-3-4-6-10(9)12(11)13/h3-6,11-13H,7-8H2,1-2H3,(H,17,18)(H,19,20). The van der Waals surface area contributed by atoms with Crippen molar-refractivity contribution >= 4 is 11.9 Å². The number of rotatable bonds is 3. The van der Waals surface area contributed by atoms with Crippen molar-refractivity contribution in [2.75, 3.05) is 0 Å². The van der Waals surface area contributed by atoms with E-state index in [1.54, 1.807) is 0 Å². The van der Waals surface area contributed by atoms with Crippen molar-refractivity contribution in [1.29, 1.82) is 0 Å². The molecule has 2 aliphatic carbocycles. The van der Waals surface area contributed by atoms with E-state index in [1.807, 2.05) is 12.1 Å². The van der Waals surface area contributed by atoms with Gasteiger partial charge in [-0.1, -0.05) is 24.3 Å². The summed E-state index contributed by atoms with van der Waals surface area (Å²) in [5.41, 5.74) is 1.40. The summed E-state index contributed by atoms with van der Waals surface area (Å²) < 4.78 is 0. The summed E-state index contributed by atoms with van der Waals surface area (Å²) in [5, 5.41) is 11.8. The van der Waals surface area contributed by atoms with Crippen LogP contribution in [-0.4, -0.2) is 22.5 Å². The number of carbonyl (C=O) groups excluding carboxylic acids is 1. The van der Waals surface area contributed by atoms with Crippen molar-refractivity contribution in [3.8, 4) is 0 Å². The molecule has 1 saturated carbocycles. The first-order chi connectivity index (χ1) is 9.42. The number of nitrogens with one attached hydrogen (secondary N) is 1. The van der Waals surface area contributed by atoms with Crippen molar-refractivity contribution < 1.29 is 14.7 Å². The number of hydrogen-bond acceptors (Lipinski definition) is 2. The molecule has 106 valence electrons. The third kappa shape index (κ3) is 1.99. The minimum Gasteiger partial charge on any atom is -0.480 e. The Labute approximate surface area is 118 Å². The highest BCUT2D eigenvalue weighted by Gasteiger charge is 2.57. The van der Waals surface area contributed by atoms with Gasteiger partial charge in [0.05, 0.1) is 0 Å². The monoisotopic (exact) mass is 273 g/mol. The summed E-state index contributed by atoms with van der Waals surface area (Å²) in [7, 11) is 0. The average Bonchev–Trinajstić information content (AvgIpc) is 3.12. The van der Waals surface area contributed by atoms with Crippen LogP contribution in [0.5, 0.6) is 0 Å². The van der Waals surface area contributed by atoms with E-state index in [-0.39, 0.29) is 17.7 Å². The van der Waals surface area contributed by atoms with Gasteiger partial charge in [-0.3, -0.25) is 4.79 Å². The zero-order chi connectivity index (χ0) is 14.5. The topological polar surface area (TPSA) is 66.4 Å². The SMILES string of the molecule is CC(C)(NC(=O)C1C2CCc3ccccc3C21)C(=O)O. The Morgan fingerprint density at radius 2 is 2.00 bits per heavy atom. The van der Waals surface area contributed by atoms with Gasteiger partial charge in [0, 0.05) is 5.92 Å².